The summed E-state index contributed by atoms with van der Waals surface area (Å²) >= 11 is 0. The van der Waals surface area contributed by atoms with Gasteiger partial charge in [0, 0.05) is 16.7 Å². The highest BCUT2D eigenvalue weighted by molar-refractivity contribution is 5.92. The Hall–Kier alpha value is -4.70. The lowest BCUT2D eigenvalue weighted by Crippen LogP contribution is -1.98. The van der Waals surface area contributed by atoms with Gasteiger partial charge in [-0.25, -0.2) is 9.50 Å². The molecule has 0 spiro atoms. The Bertz CT molecular complexity index is 1590. The van der Waals surface area contributed by atoms with Crippen LogP contribution in [0, 0.1) is 0 Å². The number of hydrogen-bond acceptors (Lipinski definition) is 3. The molecule has 0 aliphatic carbocycles. The number of methoxy groups -OCH3 is 1. The molecular formula is C31H23N3O. The third-order valence-electron chi connectivity index (χ3n) is 6.15. The maximum absolute atomic E-state index is 5.38. The third-order valence-corrected chi connectivity index (χ3v) is 6.15. The Morgan fingerprint density at radius 2 is 1.17 bits per heavy atom. The first-order chi connectivity index (χ1) is 17.3. The molecule has 0 unspecified atom stereocenters. The molecule has 35 heavy (non-hydrogen) atoms. The Balaban J connectivity index is 1.71. The SMILES string of the molecule is COc1ccc(-c2nn3c(-c4ccccc4)cc(-c4ccccc4)nc3c2-c2ccccc2)cc1. The molecule has 2 heterocycles. The summed E-state index contributed by atoms with van der Waals surface area (Å²) in [6.45, 7) is 0. The number of ether oxygens (including phenoxy) is 1. The highest BCUT2D eigenvalue weighted by Gasteiger charge is 2.21. The summed E-state index contributed by atoms with van der Waals surface area (Å²) in [5.41, 5.74) is 8.85. The van der Waals surface area contributed by atoms with Gasteiger partial charge in [-0.2, -0.15) is 5.10 Å². The first-order valence-corrected chi connectivity index (χ1v) is 11.6. The smallest absolute Gasteiger partial charge is 0.164 e. The Kier molecular flexibility index (Phi) is 5.32. The van der Waals surface area contributed by atoms with Crippen molar-refractivity contribution in [1.82, 2.24) is 14.6 Å². The number of nitrogens with zero attached hydrogens (tertiary/aromatic N) is 3. The topological polar surface area (TPSA) is 39.4 Å². The first-order valence-electron chi connectivity index (χ1n) is 11.6. The first kappa shape index (κ1) is 20.9. The fourth-order valence-corrected chi connectivity index (χ4v) is 4.41. The van der Waals surface area contributed by atoms with Crippen molar-refractivity contribution in [2.24, 2.45) is 0 Å². The normalized spacial score (nSPS) is 11.0. The summed E-state index contributed by atoms with van der Waals surface area (Å²) in [5, 5.41) is 5.14. The van der Waals surface area contributed by atoms with E-state index in [4.69, 9.17) is 14.8 Å². The van der Waals surface area contributed by atoms with Crippen LogP contribution in [0.1, 0.15) is 0 Å². The minimum Gasteiger partial charge on any atom is -0.497 e. The minimum absolute atomic E-state index is 0.813. The molecule has 6 rings (SSSR count). The van der Waals surface area contributed by atoms with Crippen molar-refractivity contribution in [3.63, 3.8) is 0 Å². The monoisotopic (exact) mass is 453 g/mol. The Morgan fingerprint density at radius 3 is 1.77 bits per heavy atom. The molecule has 4 nitrogen and oxygen atoms in total. The van der Waals surface area contributed by atoms with Gasteiger partial charge in [0.25, 0.3) is 0 Å². The fourth-order valence-electron chi connectivity index (χ4n) is 4.41. The number of hydrogen-bond donors (Lipinski definition) is 0. The van der Waals surface area contributed by atoms with E-state index < -0.39 is 0 Å². The summed E-state index contributed by atoms with van der Waals surface area (Å²) in [4.78, 5) is 5.16. The molecule has 0 aliphatic rings. The van der Waals surface area contributed by atoms with Gasteiger partial charge in [-0.15, -0.1) is 0 Å². The highest BCUT2D eigenvalue weighted by Crippen LogP contribution is 2.38. The predicted octanol–water partition coefficient (Wildman–Crippen LogP) is 7.41. The van der Waals surface area contributed by atoms with Crippen molar-refractivity contribution in [3.8, 4) is 50.6 Å². The maximum atomic E-state index is 5.38. The molecule has 0 radical (unpaired) electrons. The van der Waals surface area contributed by atoms with Gasteiger partial charge in [0.2, 0.25) is 0 Å². The van der Waals surface area contributed by atoms with Crippen LogP contribution < -0.4 is 4.74 Å². The zero-order chi connectivity index (χ0) is 23.6. The van der Waals surface area contributed by atoms with E-state index in [0.29, 0.717) is 0 Å². The lowest BCUT2D eigenvalue weighted by molar-refractivity contribution is 0.415. The van der Waals surface area contributed by atoms with Crippen molar-refractivity contribution in [2.75, 3.05) is 7.11 Å². The summed E-state index contributed by atoms with van der Waals surface area (Å²) in [6.07, 6.45) is 0. The Labute approximate surface area is 204 Å². The summed E-state index contributed by atoms with van der Waals surface area (Å²) in [7, 11) is 1.68. The zero-order valence-electron chi connectivity index (χ0n) is 19.3. The number of aromatic nitrogens is 3. The molecule has 2 aromatic heterocycles. The van der Waals surface area contributed by atoms with Crippen LogP contribution >= 0.6 is 0 Å². The molecular weight excluding hydrogens is 430 g/mol. The quantitative estimate of drug-likeness (QED) is 0.273. The molecule has 0 N–H and O–H groups in total. The Morgan fingerprint density at radius 1 is 0.600 bits per heavy atom. The van der Waals surface area contributed by atoms with Crippen LogP contribution in [0.5, 0.6) is 5.75 Å². The number of fused-ring (bicyclic) bond motifs is 1. The summed E-state index contributed by atoms with van der Waals surface area (Å²) in [6, 6.07) is 41.2. The van der Waals surface area contributed by atoms with Crippen molar-refractivity contribution in [1.29, 1.82) is 0 Å². The second-order valence-electron chi connectivity index (χ2n) is 8.31. The number of rotatable bonds is 5. The molecule has 0 saturated carbocycles. The highest BCUT2D eigenvalue weighted by atomic mass is 16.5. The third kappa shape index (κ3) is 3.85. The van der Waals surface area contributed by atoms with Crippen LogP contribution in [0.2, 0.25) is 0 Å². The molecule has 4 aromatic carbocycles. The molecule has 0 atom stereocenters. The maximum Gasteiger partial charge on any atom is 0.164 e. The molecule has 0 saturated heterocycles. The molecule has 0 bridgehead atoms. The van der Waals surface area contributed by atoms with E-state index in [9.17, 15) is 0 Å². The number of benzene rings is 4. The summed E-state index contributed by atoms with van der Waals surface area (Å²) in [5.74, 6) is 0.813. The molecule has 0 fully saturated rings. The molecule has 0 aliphatic heterocycles. The van der Waals surface area contributed by atoms with E-state index in [1.54, 1.807) is 7.11 Å². The van der Waals surface area contributed by atoms with E-state index in [1.165, 1.54) is 0 Å². The molecule has 4 heteroatoms. The van der Waals surface area contributed by atoms with Gasteiger partial charge in [0.1, 0.15) is 11.4 Å². The van der Waals surface area contributed by atoms with Crippen LogP contribution in [0.15, 0.2) is 121 Å². The van der Waals surface area contributed by atoms with E-state index in [2.05, 4.69) is 66.7 Å². The van der Waals surface area contributed by atoms with E-state index in [0.717, 1.165) is 56.3 Å². The molecule has 6 aromatic rings. The van der Waals surface area contributed by atoms with E-state index in [1.807, 2.05) is 59.1 Å². The van der Waals surface area contributed by atoms with Crippen LogP contribution in [0.4, 0.5) is 0 Å². The predicted molar refractivity (Wildman–Crippen MR) is 141 cm³/mol. The van der Waals surface area contributed by atoms with Gasteiger partial charge in [-0.3, -0.25) is 0 Å². The van der Waals surface area contributed by atoms with Gasteiger partial charge in [-0.1, -0.05) is 91.0 Å². The fraction of sp³-hybridized carbons (Fsp3) is 0.0323. The average Bonchev–Trinajstić information content (AvgIpc) is 3.33. The van der Waals surface area contributed by atoms with E-state index >= 15 is 0 Å². The lowest BCUT2D eigenvalue weighted by Gasteiger charge is -2.09. The standard InChI is InChI=1S/C31H23N3O/c1-35-26-19-17-25(18-20-26)30-29(24-15-9-4-10-16-24)31-32-27(22-11-5-2-6-12-22)21-28(34(31)33-30)23-13-7-3-8-14-23/h2-21H,1H3. The summed E-state index contributed by atoms with van der Waals surface area (Å²) < 4.78 is 7.36. The zero-order valence-corrected chi connectivity index (χ0v) is 19.3. The van der Waals surface area contributed by atoms with Crippen LogP contribution in [-0.4, -0.2) is 21.7 Å². The van der Waals surface area contributed by atoms with E-state index in [-0.39, 0.29) is 0 Å². The van der Waals surface area contributed by atoms with Gasteiger partial charge >= 0.3 is 0 Å². The molecule has 0 amide bonds. The largest absolute Gasteiger partial charge is 0.497 e. The second kappa shape index (κ2) is 8.92. The minimum atomic E-state index is 0.813. The van der Waals surface area contributed by atoms with Gasteiger partial charge in [0.05, 0.1) is 24.1 Å². The van der Waals surface area contributed by atoms with Crippen LogP contribution in [0.25, 0.3) is 50.5 Å². The average molecular weight is 454 g/mol. The second-order valence-corrected chi connectivity index (χ2v) is 8.31. The van der Waals surface area contributed by atoms with Gasteiger partial charge in [-0.05, 0) is 35.9 Å². The van der Waals surface area contributed by atoms with Gasteiger partial charge < -0.3 is 4.74 Å². The van der Waals surface area contributed by atoms with Crippen molar-refractivity contribution < 1.29 is 4.74 Å². The van der Waals surface area contributed by atoms with Gasteiger partial charge in [0.15, 0.2) is 5.65 Å². The lowest BCUT2D eigenvalue weighted by atomic mass is 10.0. The van der Waals surface area contributed by atoms with Crippen molar-refractivity contribution in [2.45, 2.75) is 0 Å². The van der Waals surface area contributed by atoms with Crippen molar-refractivity contribution >= 4 is 5.65 Å². The van der Waals surface area contributed by atoms with Crippen LogP contribution in [0.3, 0.4) is 0 Å². The van der Waals surface area contributed by atoms with Crippen LogP contribution in [-0.2, 0) is 0 Å². The van der Waals surface area contributed by atoms with Crippen molar-refractivity contribution in [3.05, 3.63) is 121 Å². The molecule has 168 valence electrons.